The van der Waals surface area contributed by atoms with Gasteiger partial charge in [-0.1, -0.05) is 84.9 Å². The molecule has 3 aromatic rings. The van der Waals surface area contributed by atoms with Gasteiger partial charge in [-0.3, -0.25) is 9.69 Å². The van der Waals surface area contributed by atoms with Crippen LogP contribution in [0.3, 0.4) is 0 Å². The van der Waals surface area contributed by atoms with Crippen molar-refractivity contribution in [2.75, 3.05) is 6.61 Å². The molecule has 3 aliphatic rings. The Labute approximate surface area is 187 Å². The van der Waals surface area contributed by atoms with E-state index in [0.29, 0.717) is 6.54 Å². The van der Waals surface area contributed by atoms with Gasteiger partial charge in [-0.2, -0.15) is 0 Å². The number of amides is 2. The first kappa shape index (κ1) is 19.1. The Kier molecular flexibility index (Phi) is 4.49. The van der Waals surface area contributed by atoms with Gasteiger partial charge in [0.2, 0.25) is 5.91 Å². The maximum absolute atomic E-state index is 13.4. The number of benzene rings is 3. The Hall–Kier alpha value is -3.60. The van der Waals surface area contributed by atoms with Crippen molar-refractivity contribution < 1.29 is 14.3 Å². The fourth-order valence-electron chi connectivity index (χ4n) is 5.63. The maximum atomic E-state index is 13.4. The minimum absolute atomic E-state index is 0.0161. The van der Waals surface area contributed by atoms with Crippen molar-refractivity contribution in [3.63, 3.8) is 0 Å². The SMILES string of the molecule is O=C1[C@@H](N2C(=O)OC[C@@H]2c2ccccc2)[C@H]2[C@H](Cc3ccccc3)c3ccccc3CN12. The second kappa shape index (κ2) is 7.52. The number of β-lactam (4-membered cyclic amide) rings is 1. The molecule has 2 amide bonds. The van der Waals surface area contributed by atoms with E-state index >= 15 is 0 Å². The number of carbonyl (C=O) groups is 2. The van der Waals surface area contributed by atoms with Crippen LogP contribution in [-0.2, 0) is 22.5 Å². The number of carbonyl (C=O) groups excluding carboxylic acids is 2. The van der Waals surface area contributed by atoms with Gasteiger partial charge in [0.15, 0.2) is 0 Å². The summed E-state index contributed by atoms with van der Waals surface area (Å²) in [5, 5.41) is 0. The van der Waals surface area contributed by atoms with Gasteiger partial charge in [0.25, 0.3) is 0 Å². The molecule has 32 heavy (non-hydrogen) atoms. The van der Waals surface area contributed by atoms with Crippen molar-refractivity contribution >= 4 is 12.0 Å². The smallest absolute Gasteiger partial charge is 0.411 e. The largest absolute Gasteiger partial charge is 0.447 e. The molecule has 3 aliphatic heterocycles. The third kappa shape index (κ3) is 2.92. The third-order valence-electron chi connectivity index (χ3n) is 7.12. The number of cyclic esters (lactones) is 1. The Balaban J connectivity index is 1.40. The zero-order valence-corrected chi connectivity index (χ0v) is 17.6. The lowest BCUT2D eigenvalue weighted by atomic mass is 9.71. The predicted molar refractivity (Wildman–Crippen MR) is 120 cm³/mol. The first-order chi connectivity index (χ1) is 15.7. The molecule has 5 heteroatoms. The Morgan fingerprint density at radius 1 is 0.844 bits per heavy atom. The second-order valence-corrected chi connectivity index (χ2v) is 8.81. The molecular formula is C27H24N2O3. The lowest BCUT2D eigenvalue weighted by molar-refractivity contribution is -0.162. The van der Waals surface area contributed by atoms with Crippen molar-refractivity contribution in [3.8, 4) is 0 Å². The second-order valence-electron chi connectivity index (χ2n) is 8.81. The zero-order chi connectivity index (χ0) is 21.7. The first-order valence-corrected chi connectivity index (χ1v) is 11.1. The summed E-state index contributed by atoms with van der Waals surface area (Å²) in [6.45, 7) is 0.875. The highest BCUT2D eigenvalue weighted by Crippen LogP contribution is 2.47. The van der Waals surface area contributed by atoms with Crippen LogP contribution in [0.2, 0.25) is 0 Å². The summed E-state index contributed by atoms with van der Waals surface area (Å²) in [6.07, 6.45) is 0.427. The van der Waals surface area contributed by atoms with Crippen LogP contribution in [0, 0.1) is 0 Å². The standard InChI is InChI=1S/C27H24N2O3/c30-26-25(29-23(17-32-27(29)31)19-11-5-2-6-12-19)24-22(15-18-9-3-1-4-10-18)21-14-8-7-13-20(21)16-28(24)26/h1-14,22-25H,15-17H2/t22-,23-,24-,25+/m1/s1. The van der Waals surface area contributed by atoms with E-state index in [1.165, 1.54) is 16.7 Å². The molecule has 0 N–H and O–H groups in total. The highest BCUT2D eigenvalue weighted by molar-refractivity contribution is 5.94. The van der Waals surface area contributed by atoms with Crippen LogP contribution in [-0.4, -0.2) is 40.5 Å². The van der Waals surface area contributed by atoms with Crippen LogP contribution in [0.15, 0.2) is 84.9 Å². The molecule has 3 heterocycles. The van der Waals surface area contributed by atoms with E-state index in [4.69, 9.17) is 4.74 Å². The zero-order valence-electron chi connectivity index (χ0n) is 17.6. The summed E-state index contributed by atoms with van der Waals surface area (Å²) in [5.41, 5.74) is 4.70. The summed E-state index contributed by atoms with van der Waals surface area (Å²) in [7, 11) is 0. The molecule has 0 saturated carbocycles. The molecule has 2 saturated heterocycles. The lowest BCUT2D eigenvalue weighted by Crippen LogP contribution is -2.73. The Morgan fingerprint density at radius 3 is 2.31 bits per heavy atom. The minimum Gasteiger partial charge on any atom is -0.447 e. The molecule has 160 valence electrons. The van der Waals surface area contributed by atoms with Crippen molar-refractivity contribution in [2.45, 2.75) is 37.0 Å². The number of hydrogen-bond acceptors (Lipinski definition) is 3. The Bertz CT molecular complexity index is 1160. The van der Waals surface area contributed by atoms with Crippen LogP contribution in [0.5, 0.6) is 0 Å². The summed E-state index contributed by atoms with van der Waals surface area (Å²) in [4.78, 5) is 29.9. The van der Waals surface area contributed by atoms with Gasteiger partial charge in [-0.25, -0.2) is 4.79 Å². The van der Waals surface area contributed by atoms with Gasteiger partial charge in [0.1, 0.15) is 12.6 Å². The molecule has 2 fully saturated rings. The van der Waals surface area contributed by atoms with Gasteiger partial charge < -0.3 is 9.64 Å². The topological polar surface area (TPSA) is 49.9 Å². The van der Waals surface area contributed by atoms with Crippen LogP contribution < -0.4 is 0 Å². The molecule has 0 bridgehead atoms. The highest BCUT2D eigenvalue weighted by atomic mass is 16.6. The molecule has 0 aliphatic carbocycles. The summed E-state index contributed by atoms with van der Waals surface area (Å²) in [5.74, 6) is 0.136. The van der Waals surface area contributed by atoms with Gasteiger partial charge in [-0.05, 0) is 28.7 Å². The number of ether oxygens (including phenoxy) is 1. The normalized spacial score (nSPS) is 26.2. The van der Waals surface area contributed by atoms with Gasteiger partial charge in [0.05, 0.1) is 12.1 Å². The highest BCUT2D eigenvalue weighted by Gasteiger charge is 2.60. The number of rotatable bonds is 4. The van der Waals surface area contributed by atoms with Crippen molar-refractivity contribution in [3.05, 3.63) is 107 Å². The summed E-state index contributed by atoms with van der Waals surface area (Å²) < 4.78 is 5.46. The summed E-state index contributed by atoms with van der Waals surface area (Å²) >= 11 is 0. The monoisotopic (exact) mass is 424 g/mol. The number of hydrogen-bond donors (Lipinski definition) is 0. The number of nitrogens with zero attached hydrogens (tertiary/aromatic N) is 2. The third-order valence-corrected chi connectivity index (χ3v) is 7.12. The molecule has 0 aromatic heterocycles. The van der Waals surface area contributed by atoms with Gasteiger partial charge in [-0.15, -0.1) is 0 Å². The minimum atomic E-state index is -0.503. The van der Waals surface area contributed by atoms with Crippen molar-refractivity contribution in [1.82, 2.24) is 9.80 Å². The van der Waals surface area contributed by atoms with E-state index in [1.54, 1.807) is 4.90 Å². The van der Waals surface area contributed by atoms with Gasteiger partial charge in [0, 0.05) is 12.5 Å². The fraction of sp³-hybridized carbons (Fsp3) is 0.259. The van der Waals surface area contributed by atoms with Crippen molar-refractivity contribution in [2.24, 2.45) is 0 Å². The lowest BCUT2D eigenvalue weighted by Gasteiger charge is -2.56. The molecule has 0 unspecified atom stereocenters. The molecule has 0 radical (unpaired) electrons. The van der Waals surface area contributed by atoms with Crippen LogP contribution in [0.1, 0.15) is 34.2 Å². The van der Waals surface area contributed by atoms with Crippen molar-refractivity contribution in [1.29, 1.82) is 0 Å². The van der Waals surface area contributed by atoms with E-state index in [-0.39, 0.29) is 30.5 Å². The van der Waals surface area contributed by atoms with E-state index in [2.05, 4.69) is 42.5 Å². The van der Waals surface area contributed by atoms with E-state index < -0.39 is 12.1 Å². The van der Waals surface area contributed by atoms with E-state index in [9.17, 15) is 9.59 Å². The molecule has 3 aromatic carbocycles. The quantitative estimate of drug-likeness (QED) is 0.587. The molecular weight excluding hydrogens is 400 g/mol. The number of fused-ring (bicyclic) bond motifs is 2. The average Bonchev–Trinajstić information content (AvgIpc) is 3.21. The average molecular weight is 425 g/mol. The predicted octanol–water partition coefficient (Wildman–Crippen LogP) is 4.30. The fourth-order valence-corrected chi connectivity index (χ4v) is 5.63. The van der Waals surface area contributed by atoms with Crippen LogP contribution in [0.4, 0.5) is 4.79 Å². The molecule has 6 rings (SSSR count). The molecule has 0 spiro atoms. The van der Waals surface area contributed by atoms with Crippen LogP contribution in [0.25, 0.3) is 0 Å². The van der Waals surface area contributed by atoms with Crippen LogP contribution >= 0.6 is 0 Å². The Morgan fingerprint density at radius 2 is 1.53 bits per heavy atom. The molecule has 5 nitrogen and oxygen atoms in total. The van der Waals surface area contributed by atoms with E-state index in [1.807, 2.05) is 47.4 Å². The maximum Gasteiger partial charge on any atom is 0.411 e. The molecule has 4 atom stereocenters. The first-order valence-electron chi connectivity index (χ1n) is 11.1. The summed E-state index contributed by atoms with van der Waals surface area (Å²) in [6, 6.07) is 27.8. The van der Waals surface area contributed by atoms with Gasteiger partial charge >= 0.3 is 6.09 Å². The van der Waals surface area contributed by atoms with E-state index in [0.717, 1.165) is 12.0 Å².